The molecule has 1 atom stereocenters. The summed E-state index contributed by atoms with van der Waals surface area (Å²) in [7, 11) is 0. The Kier molecular flexibility index (Phi) is 2.76. The molecular formula is C10H18O2. The second kappa shape index (κ2) is 3.46. The van der Waals surface area contributed by atoms with Gasteiger partial charge < -0.3 is 5.11 Å². The van der Waals surface area contributed by atoms with E-state index in [-0.39, 0.29) is 11.3 Å². The zero-order valence-corrected chi connectivity index (χ0v) is 7.97. The average Bonchev–Trinajstić information content (AvgIpc) is 2.65. The highest BCUT2D eigenvalue weighted by Crippen LogP contribution is 2.59. The molecular weight excluding hydrogens is 152 g/mol. The molecule has 0 heterocycles. The Hall–Kier alpha value is -0.530. The van der Waals surface area contributed by atoms with Crippen LogP contribution in [0.2, 0.25) is 0 Å². The highest BCUT2D eigenvalue weighted by atomic mass is 16.4. The highest BCUT2D eigenvalue weighted by molar-refractivity contribution is 5.74. The molecule has 0 spiro atoms. The number of carbonyl (C=O) groups is 1. The zero-order chi connectivity index (χ0) is 9.19. The van der Waals surface area contributed by atoms with Gasteiger partial charge in [-0.2, -0.15) is 0 Å². The topological polar surface area (TPSA) is 37.3 Å². The van der Waals surface area contributed by atoms with Crippen molar-refractivity contribution in [3.05, 3.63) is 0 Å². The van der Waals surface area contributed by atoms with Gasteiger partial charge in [0.2, 0.25) is 0 Å². The summed E-state index contributed by atoms with van der Waals surface area (Å²) < 4.78 is 0. The molecule has 1 fully saturated rings. The molecule has 1 unspecified atom stereocenters. The second-order valence-corrected chi connectivity index (χ2v) is 3.96. The molecule has 0 amide bonds. The fraction of sp³-hybridized carbons (Fsp3) is 0.900. The van der Waals surface area contributed by atoms with Crippen LogP contribution in [0.15, 0.2) is 0 Å². The molecule has 1 aliphatic rings. The van der Waals surface area contributed by atoms with Crippen LogP contribution in [0, 0.1) is 11.3 Å². The maximum absolute atomic E-state index is 10.7. The zero-order valence-electron chi connectivity index (χ0n) is 7.97. The van der Waals surface area contributed by atoms with Gasteiger partial charge in [0.1, 0.15) is 0 Å². The fourth-order valence-electron chi connectivity index (χ4n) is 2.37. The molecule has 0 aliphatic heterocycles. The van der Waals surface area contributed by atoms with E-state index in [0.29, 0.717) is 0 Å². The third kappa shape index (κ3) is 1.62. The van der Waals surface area contributed by atoms with Crippen molar-refractivity contribution in [2.45, 2.75) is 46.0 Å². The molecule has 70 valence electrons. The van der Waals surface area contributed by atoms with Crippen molar-refractivity contribution in [2.75, 3.05) is 0 Å². The fourth-order valence-corrected chi connectivity index (χ4v) is 2.37. The van der Waals surface area contributed by atoms with Gasteiger partial charge >= 0.3 is 5.97 Å². The van der Waals surface area contributed by atoms with E-state index in [0.717, 1.165) is 32.1 Å². The van der Waals surface area contributed by atoms with Crippen molar-refractivity contribution in [3.63, 3.8) is 0 Å². The first-order chi connectivity index (χ1) is 5.66. The number of carboxylic acid groups (broad SMARTS) is 1. The van der Waals surface area contributed by atoms with Gasteiger partial charge in [-0.1, -0.05) is 26.7 Å². The number of hydrogen-bond acceptors (Lipinski definition) is 1. The van der Waals surface area contributed by atoms with Crippen molar-refractivity contribution >= 4 is 5.97 Å². The van der Waals surface area contributed by atoms with E-state index < -0.39 is 5.97 Å². The molecule has 2 nitrogen and oxygen atoms in total. The summed E-state index contributed by atoms with van der Waals surface area (Å²) >= 11 is 0. The van der Waals surface area contributed by atoms with Gasteiger partial charge in [-0.3, -0.25) is 4.79 Å². The van der Waals surface area contributed by atoms with E-state index in [2.05, 4.69) is 13.8 Å². The minimum atomic E-state index is -0.586. The van der Waals surface area contributed by atoms with E-state index in [4.69, 9.17) is 5.11 Å². The smallest absolute Gasteiger partial charge is 0.307 e. The number of aliphatic carboxylic acids is 1. The normalized spacial score (nSPS) is 25.3. The van der Waals surface area contributed by atoms with Gasteiger partial charge in [-0.25, -0.2) is 0 Å². The molecule has 0 aromatic heterocycles. The van der Waals surface area contributed by atoms with E-state index in [9.17, 15) is 4.79 Å². The first-order valence-corrected chi connectivity index (χ1v) is 4.89. The van der Waals surface area contributed by atoms with Crippen LogP contribution in [0.1, 0.15) is 46.0 Å². The third-order valence-corrected chi connectivity index (χ3v) is 2.98. The van der Waals surface area contributed by atoms with Crippen LogP contribution in [0.5, 0.6) is 0 Å². The van der Waals surface area contributed by atoms with Crippen molar-refractivity contribution in [3.8, 4) is 0 Å². The van der Waals surface area contributed by atoms with Crippen LogP contribution in [-0.4, -0.2) is 11.1 Å². The summed E-state index contributed by atoms with van der Waals surface area (Å²) in [5.74, 6) is -0.616. The molecule has 1 aliphatic carbocycles. The SMILES string of the molecule is CCCC1(CCC)CC1C(=O)O. The van der Waals surface area contributed by atoms with Crippen LogP contribution < -0.4 is 0 Å². The first kappa shape index (κ1) is 9.56. The molecule has 1 saturated carbocycles. The van der Waals surface area contributed by atoms with Gasteiger partial charge in [0.25, 0.3) is 0 Å². The lowest BCUT2D eigenvalue weighted by molar-refractivity contribution is -0.139. The van der Waals surface area contributed by atoms with Gasteiger partial charge in [0, 0.05) is 0 Å². The third-order valence-electron chi connectivity index (χ3n) is 2.98. The van der Waals surface area contributed by atoms with Gasteiger partial charge in [0.15, 0.2) is 0 Å². The highest BCUT2D eigenvalue weighted by Gasteiger charge is 2.56. The monoisotopic (exact) mass is 170 g/mol. The maximum atomic E-state index is 10.7. The summed E-state index contributed by atoms with van der Waals surface area (Å²) in [6, 6.07) is 0. The minimum Gasteiger partial charge on any atom is -0.481 e. The molecule has 0 aromatic rings. The average molecular weight is 170 g/mol. The molecule has 1 N–H and O–H groups in total. The maximum Gasteiger partial charge on any atom is 0.307 e. The summed E-state index contributed by atoms with van der Waals surface area (Å²) in [6.07, 6.45) is 5.34. The van der Waals surface area contributed by atoms with Crippen molar-refractivity contribution in [1.29, 1.82) is 0 Å². The Labute approximate surface area is 74.0 Å². The van der Waals surface area contributed by atoms with Crippen LogP contribution >= 0.6 is 0 Å². The largest absolute Gasteiger partial charge is 0.481 e. The molecule has 0 aromatic carbocycles. The lowest BCUT2D eigenvalue weighted by Crippen LogP contribution is -2.10. The predicted molar refractivity (Wildman–Crippen MR) is 48.0 cm³/mol. The van der Waals surface area contributed by atoms with Crippen LogP contribution in [-0.2, 0) is 4.79 Å². The number of carboxylic acids is 1. The molecule has 0 saturated heterocycles. The van der Waals surface area contributed by atoms with Crippen molar-refractivity contribution in [2.24, 2.45) is 11.3 Å². The Morgan fingerprint density at radius 1 is 1.42 bits per heavy atom. The van der Waals surface area contributed by atoms with Gasteiger partial charge in [0.05, 0.1) is 5.92 Å². The minimum absolute atomic E-state index is 0.0302. The Bertz CT molecular complexity index is 169. The molecule has 0 bridgehead atoms. The van der Waals surface area contributed by atoms with E-state index in [1.54, 1.807) is 0 Å². The molecule has 12 heavy (non-hydrogen) atoms. The van der Waals surface area contributed by atoms with Crippen LogP contribution in [0.25, 0.3) is 0 Å². The Balaban J connectivity index is 2.49. The summed E-state index contributed by atoms with van der Waals surface area (Å²) in [6.45, 7) is 4.27. The van der Waals surface area contributed by atoms with E-state index in [1.807, 2.05) is 0 Å². The summed E-state index contributed by atoms with van der Waals surface area (Å²) in [5, 5.41) is 8.84. The van der Waals surface area contributed by atoms with Crippen molar-refractivity contribution < 1.29 is 9.90 Å². The molecule has 1 rings (SSSR count). The molecule has 0 radical (unpaired) electrons. The second-order valence-electron chi connectivity index (χ2n) is 3.96. The lowest BCUT2D eigenvalue weighted by Gasteiger charge is -2.13. The van der Waals surface area contributed by atoms with E-state index in [1.165, 1.54) is 0 Å². The predicted octanol–water partition coefficient (Wildman–Crippen LogP) is 2.68. The quantitative estimate of drug-likeness (QED) is 0.688. The number of rotatable bonds is 5. The first-order valence-electron chi connectivity index (χ1n) is 4.89. The van der Waals surface area contributed by atoms with Gasteiger partial charge in [-0.05, 0) is 24.7 Å². The molecule has 2 heteroatoms. The Morgan fingerprint density at radius 2 is 1.92 bits per heavy atom. The van der Waals surface area contributed by atoms with Crippen LogP contribution in [0.4, 0.5) is 0 Å². The lowest BCUT2D eigenvalue weighted by atomic mass is 9.92. The standard InChI is InChI=1S/C10H18O2/c1-3-5-10(6-4-2)7-8(10)9(11)12/h8H,3-7H2,1-2H3,(H,11,12). The Morgan fingerprint density at radius 3 is 2.17 bits per heavy atom. The summed E-state index contributed by atoms with van der Waals surface area (Å²) in [4.78, 5) is 10.7. The van der Waals surface area contributed by atoms with Gasteiger partial charge in [-0.15, -0.1) is 0 Å². The van der Waals surface area contributed by atoms with Crippen LogP contribution in [0.3, 0.4) is 0 Å². The van der Waals surface area contributed by atoms with Crippen molar-refractivity contribution in [1.82, 2.24) is 0 Å². The number of hydrogen-bond donors (Lipinski definition) is 1. The van der Waals surface area contributed by atoms with E-state index >= 15 is 0 Å². The summed E-state index contributed by atoms with van der Waals surface area (Å²) in [5.41, 5.74) is 0.190.